The van der Waals surface area contributed by atoms with E-state index in [1.54, 1.807) is 37.2 Å². The number of fused-ring (bicyclic) bond motifs is 1. The summed E-state index contributed by atoms with van der Waals surface area (Å²) in [6.07, 6.45) is -5.48. The Morgan fingerprint density at radius 2 is 1.87 bits per heavy atom. The van der Waals surface area contributed by atoms with Crippen LogP contribution < -0.4 is 15.1 Å². The van der Waals surface area contributed by atoms with Gasteiger partial charge in [-0.3, -0.25) is 20.0 Å². The average molecular weight is 571 g/mol. The quantitative estimate of drug-likeness (QED) is 0.342. The number of Topliss-reactive ketones (excluding diaryl/α,β-unsaturated/α-hetero) is 1. The summed E-state index contributed by atoms with van der Waals surface area (Å²) in [5, 5.41) is 25.5. The van der Waals surface area contributed by atoms with E-state index in [0.717, 1.165) is 12.1 Å². The molecular formula is C25H23Cl2F3N4O4. The van der Waals surface area contributed by atoms with Crippen molar-refractivity contribution in [1.82, 2.24) is 10.3 Å². The van der Waals surface area contributed by atoms with Crippen LogP contribution in [-0.2, 0) is 11.2 Å². The average Bonchev–Trinajstić information content (AvgIpc) is 2.95. The molecule has 0 radical (unpaired) electrons. The van der Waals surface area contributed by atoms with Crippen LogP contribution in [0, 0.1) is 11.3 Å². The number of aryl methyl sites for hydroxylation is 1. The third kappa shape index (κ3) is 5.31. The number of ketones is 1. The molecule has 0 aromatic heterocycles. The number of rotatable bonds is 5. The van der Waals surface area contributed by atoms with Crippen molar-refractivity contribution in [2.24, 2.45) is 5.92 Å². The molecule has 2 atom stereocenters. The summed E-state index contributed by atoms with van der Waals surface area (Å²) in [4.78, 5) is 26.3. The normalized spacial score (nSPS) is 19.8. The molecule has 1 heterocycles. The van der Waals surface area contributed by atoms with Gasteiger partial charge in [0.25, 0.3) is 5.91 Å². The summed E-state index contributed by atoms with van der Waals surface area (Å²) in [7, 11) is 1.63. The van der Waals surface area contributed by atoms with E-state index in [0.29, 0.717) is 23.4 Å². The van der Waals surface area contributed by atoms with Gasteiger partial charge in [0, 0.05) is 12.6 Å². The maximum Gasteiger partial charge on any atom is 0.573 e. The number of benzene rings is 2. The molecule has 4 rings (SSSR count). The van der Waals surface area contributed by atoms with Gasteiger partial charge < -0.3 is 15.2 Å². The second-order valence-electron chi connectivity index (χ2n) is 8.85. The number of anilines is 1. The Kier molecular flexibility index (Phi) is 7.64. The molecule has 0 saturated heterocycles. The van der Waals surface area contributed by atoms with E-state index >= 15 is 0 Å². The lowest BCUT2D eigenvalue weighted by atomic mass is 9.90. The molecule has 13 heteroatoms. The number of carbonyl (C=O) groups excluding carboxylic acids is 2. The second-order valence-corrected chi connectivity index (χ2v) is 9.67. The lowest BCUT2D eigenvalue weighted by Gasteiger charge is -2.33. The summed E-state index contributed by atoms with van der Waals surface area (Å²) in [5.41, 5.74) is 0.802. The van der Waals surface area contributed by atoms with Gasteiger partial charge in [-0.25, -0.2) is 5.01 Å². The molecular weight excluding hydrogens is 548 g/mol. The number of hydrazine groups is 1. The van der Waals surface area contributed by atoms with E-state index in [1.807, 2.05) is 0 Å². The summed E-state index contributed by atoms with van der Waals surface area (Å²) in [6, 6.07) is 8.24. The van der Waals surface area contributed by atoms with Gasteiger partial charge in [0.1, 0.15) is 11.5 Å². The van der Waals surface area contributed by atoms with Gasteiger partial charge in [0.05, 0.1) is 33.0 Å². The first kappa shape index (κ1) is 27.7. The zero-order valence-electron chi connectivity index (χ0n) is 20.2. The molecule has 1 amide bonds. The lowest BCUT2D eigenvalue weighted by Crippen LogP contribution is -2.44. The first-order valence-electron chi connectivity index (χ1n) is 11.5. The smallest absolute Gasteiger partial charge is 0.406 e. The summed E-state index contributed by atoms with van der Waals surface area (Å²) >= 11 is 12.6. The van der Waals surface area contributed by atoms with Crippen LogP contribution in [0.1, 0.15) is 35.7 Å². The minimum Gasteiger partial charge on any atom is -0.406 e. The number of hydrogen-bond acceptors (Lipinski definition) is 7. The van der Waals surface area contributed by atoms with Crippen LogP contribution in [-0.4, -0.2) is 47.2 Å². The SMILES string of the molecule is CC1=C(NC(=O)C(=N)C2CCCc3cc(OC(F)(F)F)ccc3C2=O)C(O)N(c2c(Cl)cccc2Cl)N1C. The third-order valence-electron chi connectivity index (χ3n) is 6.53. The number of para-hydroxylation sites is 1. The Bertz CT molecular complexity index is 1330. The number of aliphatic hydroxyl groups excluding tert-OH is 1. The van der Waals surface area contributed by atoms with Crippen LogP contribution in [0.25, 0.3) is 0 Å². The minimum absolute atomic E-state index is 0.0775. The molecule has 2 aromatic carbocycles. The molecule has 0 fully saturated rings. The number of carbonyl (C=O) groups is 2. The van der Waals surface area contributed by atoms with E-state index < -0.39 is 41.7 Å². The standard InChI is InChI=1S/C25H23Cl2F3N4O4/c1-12-20(24(37)34(33(12)2)21-17(26)7-4-8-18(21)27)32-23(36)19(31)16-6-3-5-13-11-14(38-25(28,29)30)9-10-15(13)22(16)35/h4,7-11,16,24,31,37H,3,5-6H2,1-2H3,(H,32,36). The lowest BCUT2D eigenvalue weighted by molar-refractivity contribution is -0.274. The number of alkyl halides is 3. The van der Waals surface area contributed by atoms with Crippen LogP contribution in [0.5, 0.6) is 5.75 Å². The Morgan fingerprint density at radius 1 is 1.21 bits per heavy atom. The van der Waals surface area contributed by atoms with E-state index in [9.17, 15) is 27.9 Å². The summed E-state index contributed by atoms with van der Waals surface area (Å²) in [6.45, 7) is 1.64. The maximum absolute atomic E-state index is 13.2. The highest BCUT2D eigenvalue weighted by Crippen LogP contribution is 2.40. The molecule has 0 saturated carbocycles. The molecule has 2 aromatic rings. The Hall–Kier alpha value is -3.28. The van der Waals surface area contributed by atoms with Crippen molar-refractivity contribution in [3.05, 3.63) is 69.0 Å². The van der Waals surface area contributed by atoms with Crippen molar-refractivity contribution in [2.75, 3.05) is 12.1 Å². The molecule has 1 aliphatic heterocycles. The van der Waals surface area contributed by atoms with Gasteiger partial charge in [-0.05, 0) is 62.1 Å². The first-order valence-corrected chi connectivity index (χ1v) is 12.2. The maximum atomic E-state index is 13.2. The van der Waals surface area contributed by atoms with Crippen LogP contribution >= 0.6 is 23.2 Å². The van der Waals surface area contributed by atoms with Crippen molar-refractivity contribution < 1.29 is 32.6 Å². The number of amides is 1. The number of nitrogens with zero attached hydrogens (tertiary/aromatic N) is 2. The molecule has 3 N–H and O–H groups in total. The fraction of sp³-hybridized carbons (Fsp3) is 0.320. The van der Waals surface area contributed by atoms with Crippen molar-refractivity contribution in [3.8, 4) is 5.75 Å². The summed E-state index contributed by atoms with van der Waals surface area (Å²) < 4.78 is 41.7. The second kappa shape index (κ2) is 10.5. The van der Waals surface area contributed by atoms with Gasteiger partial charge in [0.15, 0.2) is 12.0 Å². The van der Waals surface area contributed by atoms with Crippen molar-refractivity contribution in [1.29, 1.82) is 5.41 Å². The number of aliphatic hydroxyl groups is 1. The van der Waals surface area contributed by atoms with Crippen LogP contribution in [0.3, 0.4) is 0 Å². The Balaban J connectivity index is 1.53. The van der Waals surface area contributed by atoms with Gasteiger partial charge >= 0.3 is 6.36 Å². The van der Waals surface area contributed by atoms with E-state index in [2.05, 4.69) is 10.1 Å². The third-order valence-corrected chi connectivity index (χ3v) is 7.14. The van der Waals surface area contributed by atoms with E-state index in [1.165, 1.54) is 11.1 Å². The Labute approximate surface area is 226 Å². The van der Waals surface area contributed by atoms with Gasteiger partial charge in [-0.1, -0.05) is 29.3 Å². The fourth-order valence-corrected chi connectivity index (χ4v) is 5.17. The summed E-state index contributed by atoms with van der Waals surface area (Å²) in [5.74, 6) is -3.00. The van der Waals surface area contributed by atoms with Crippen molar-refractivity contribution in [2.45, 2.75) is 38.8 Å². The van der Waals surface area contributed by atoms with Crippen LogP contribution in [0.4, 0.5) is 18.9 Å². The highest BCUT2D eigenvalue weighted by atomic mass is 35.5. The molecule has 0 bridgehead atoms. The van der Waals surface area contributed by atoms with Crippen molar-refractivity contribution >= 4 is 46.3 Å². The van der Waals surface area contributed by atoms with Gasteiger partial charge in [-0.2, -0.15) is 0 Å². The Morgan fingerprint density at radius 3 is 2.50 bits per heavy atom. The first-order chi connectivity index (χ1) is 17.8. The topological polar surface area (TPSA) is 106 Å². The zero-order chi connectivity index (χ0) is 27.9. The van der Waals surface area contributed by atoms with Crippen LogP contribution in [0.15, 0.2) is 47.8 Å². The molecule has 1 aliphatic carbocycles. The molecule has 8 nitrogen and oxygen atoms in total. The van der Waals surface area contributed by atoms with E-state index in [-0.39, 0.29) is 34.1 Å². The number of nitrogens with one attached hydrogen (secondary N) is 2. The highest BCUT2D eigenvalue weighted by Gasteiger charge is 2.39. The number of hydrogen-bond donors (Lipinski definition) is 3. The van der Waals surface area contributed by atoms with Gasteiger partial charge in [0.2, 0.25) is 0 Å². The zero-order valence-corrected chi connectivity index (χ0v) is 21.7. The fourth-order valence-electron chi connectivity index (χ4n) is 4.60. The highest BCUT2D eigenvalue weighted by molar-refractivity contribution is 6.43. The largest absolute Gasteiger partial charge is 0.573 e. The van der Waals surface area contributed by atoms with E-state index in [4.69, 9.17) is 28.6 Å². The minimum atomic E-state index is -4.87. The predicted molar refractivity (Wildman–Crippen MR) is 135 cm³/mol. The molecule has 202 valence electrons. The van der Waals surface area contributed by atoms with Crippen molar-refractivity contribution in [3.63, 3.8) is 0 Å². The molecule has 2 aliphatic rings. The van der Waals surface area contributed by atoms with Gasteiger partial charge in [-0.15, -0.1) is 13.2 Å². The molecule has 0 spiro atoms. The molecule has 38 heavy (non-hydrogen) atoms. The monoisotopic (exact) mass is 570 g/mol. The number of allylic oxidation sites excluding steroid dienone is 1. The predicted octanol–water partition coefficient (Wildman–Crippen LogP) is 5.08. The number of halogens is 5. The molecule has 2 unspecified atom stereocenters. The van der Waals surface area contributed by atoms with Crippen LogP contribution in [0.2, 0.25) is 10.0 Å². The number of ether oxygens (including phenoxy) is 1.